The largest absolute Gasteiger partial charge is 0.394 e. The van der Waals surface area contributed by atoms with Gasteiger partial charge in [0.1, 0.15) is 65.8 Å². The van der Waals surface area contributed by atoms with E-state index in [0.717, 1.165) is 5.57 Å². The Morgan fingerprint density at radius 1 is 0.640 bits per heavy atom. The summed E-state index contributed by atoms with van der Waals surface area (Å²) in [5, 5.41) is 100. The van der Waals surface area contributed by atoms with E-state index in [1.807, 2.05) is 6.92 Å². The second-order valence-corrected chi connectivity index (χ2v) is 23.7. The molecule has 5 heterocycles. The van der Waals surface area contributed by atoms with Gasteiger partial charge in [-0.3, -0.25) is 4.79 Å². The minimum absolute atomic E-state index is 0.0125. The van der Waals surface area contributed by atoms with Crippen LogP contribution >= 0.6 is 0 Å². The molecule has 5 saturated heterocycles. The van der Waals surface area contributed by atoms with Gasteiger partial charge in [-0.15, -0.1) is 0 Å². The predicted molar refractivity (Wildman–Crippen MR) is 258 cm³/mol. The van der Waals surface area contributed by atoms with Crippen molar-refractivity contribution in [1.29, 1.82) is 0 Å². The second-order valence-electron chi connectivity index (χ2n) is 23.7. The fourth-order valence-electron chi connectivity index (χ4n) is 15.1. The molecule has 22 nitrogen and oxygen atoms in total. The second kappa shape index (κ2) is 22.5. The molecule has 9 aliphatic rings. The van der Waals surface area contributed by atoms with Gasteiger partial charge in [0.15, 0.2) is 31.5 Å². The van der Waals surface area contributed by atoms with E-state index in [9.17, 15) is 50.8 Å². The average Bonchev–Trinajstić information content (AvgIpc) is 3.67. The molecule has 0 aromatic carbocycles. The van der Waals surface area contributed by atoms with Crippen LogP contribution < -0.4 is 0 Å². The Morgan fingerprint density at radius 3 is 1.67 bits per heavy atom. The van der Waals surface area contributed by atoms with Crippen LogP contribution in [0.25, 0.3) is 0 Å². The van der Waals surface area contributed by atoms with Crippen molar-refractivity contribution in [2.24, 2.45) is 22.7 Å². The first-order valence-corrected chi connectivity index (χ1v) is 27.3. The molecule has 75 heavy (non-hydrogen) atoms. The summed E-state index contributed by atoms with van der Waals surface area (Å²) in [6.45, 7) is 11.9. The van der Waals surface area contributed by atoms with Gasteiger partial charge >= 0.3 is 0 Å². The predicted octanol–water partition coefficient (Wildman–Crippen LogP) is 0.372. The highest BCUT2D eigenvalue weighted by atomic mass is 16.8. The molecule has 3 saturated carbocycles. The molecule has 29 atom stereocenters. The third-order valence-corrected chi connectivity index (χ3v) is 19.5. The molecule has 0 spiro atoms. The van der Waals surface area contributed by atoms with Gasteiger partial charge in [-0.05, 0) is 85.0 Å². The van der Waals surface area contributed by atoms with E-state index in [0.29, 0.717) is 38.5 Å². The number of methoxy groups -OCH3 is 2. The number of hydrogen-bond acceptors (Lipinski definition) is 22. The van der Waals surface area contributed by atoms with Crippen LogP contribution in [0.5, 0.6) is 0 Å². The fraction of sp³-hybridized carbons (Fsp3) is 0.943. The summed E-state index contributed by atoms with van der Waals surface area (Å²) >= 11 is 0. The van der Waals surface area contributed by atoms with Crippen LogP contribution in [0.15, 0.2) is 11.6 Å². The Bertz CT molecular complexity index is 1970. The lowest BCUT2D eigenvalue weighted by Gasteiger charge is -2.66. The zero-order valence-electron chi connectivity index (χ0n) is 44.8. The minimum atomic E-state index is -1.62. The topological polar surface area (TPSA) is 310 Å². The van der Waals surface area contributed by atoms with E-state index in [1.165, 1.54) is 14.0 Å². The lowest BCUT2D eigenvalue weighted by Crippen LogP contribution is -2.75. The highest BCUT2D eigenvalue weighted by Gasteiger charge is 2.76. The van der Waals surface area contributed by atoms with Crippen molar-refractivity contribution in [2.45, 2.75) is 272 Å². The van der Waals surface area contributed by atoms with Gasteiger partial charge in [-0.25, -0.2) is 0 Å². The van der Waals surface area contributed by atoms with E-state index in [4.69, 9.17) is 56.8 Å². The minimum Gasteiger partial charge on any atom is -0.394 e. The van der Waals surface area contributed by atoms with E-state index in [2.05, 4.69) is 13.0 Å². The Labute approximate surface area is 439 Å². The quantitative estimate of drug-likeness (QED) is 0.106. The molecule has 430 valence electrons. The van der Waals surface area contributed by atoms with Gasteiger partial charge in [-0.1, -0.05) is 25.5 Å². The number of hydrogen-bond donors (Lipinski definition) is 9. The maximum atomic E-state index is 12.7. The molecular formula is C53H86O22. The van der Waals surface area contributed by atoms with Gasteiger partial charge in [0.2, 0.25) is 0 Å². The van der Waals surface area contributed by atoms with Crippen LogP contribution in [-0.4, -0.2) is 225 Å². The van der Waals surface area contributed by atoms with Gasteiger partial charge in [0.25, 0.3) is 0 Å². The standard InChI is InChI=1S/C53H86O22/c1-23(55)30-12-15-53(63)51(30,7)37(58)21-36-50(6)13-11-29(16-28(50)10-14-52(36,53)62)70-40-19-33(64-8)47(26(4)68-40)74-39-18-32(57)45(24(2)67-39)72-38-17-31(56)46(25(3)66-38)73-41-20-34(65-9)48(27(5)69-41)75-49-44(61)43(60)42(59)35(22-54)71-49/h10,24-27,29-49,54,56-63H,11-22H2,1-9H3/t24-,25-,26-,27-,29+,30-,31+,32+,33+,34-,35-,36-,37-,38+,39+,40+,41+,42-,43+,44-,45-,46-,47-,48-,49+,50+,51+,52+,53-/m1/s1. The molecule has 22 heteroatoms. The summed E-state index contributed by atoms with van der Waals surface area (Å²) < 4.78 is 74.0. The van der Waals surface area contributed by atoms with Crippen molar-refractivity contribution in [3.05, 3.63) is 11.6 Å². The highest BCUT2D eigenvalue weighted by molar-refractivity contribution is 5.80. The average molecular weight is 1080 g/mol. The van der Waals surface area contributed by atoms with Gasteiger partial charge in [0, 0.05) is 57.2 Å². The number of ketones is 1. The Hall–Kier alpha value is -1.43. The van der Waals surface area contributed by atoms with Crippen molar-refractivity contribution in [3.8, 4) is 0 Å². The van der Waals surface area contributed by atoms with E-state index in [1.54, 1.807) is 34.8 Å². The smallest absolute Gasteiger partial charge is 0.187 e. The molecule has 0 unspecified atom stereocenters. The number of carbonyl (C=O) groups is 1. The SMILES string of the molecule is CO[C@H]1C[C@H](O[C@H]2CC[C@@]3(C)C(=CC[C@]4(O)[C@@H]3C[C@@H](O)[C@]3(C)[C@@H](C(C)=O)CC[C@@]34O)C2)O[C@H](C)[C@H]1O[C@H]1C[C@H](O)[C@H](O[C@H]2C[C@H](O)[C@H](O[C@H]3C[C@@H](OC)[C@H](O[C@@H]4O[C@H](CO)[C@@H](O)[C@H](O)[C@H]4O)[C@@H](C)O3)[C@@H](C)O2)[C@@H](C)O1. The molecule has 9 N–H and O–H groups in total. The molecule has 0 aromatic rings. The van der Waals surface area contributed by atoms with Crippen LogP contribution in [-0.2, 0) is 61.6 Å². The maximum absolute atomic E-state index is 12.7. The molecule has 0 amide bonds. The van der Waals surface area contributed by atoms with Crippen LogP contribution in [0.3, 0.4) is 0 Å². The summed E-state index contributed by atoms with van der Waals surface area (Å²) in [4.78, 5) is 12.7. The summed E-state index contributed by atoms with van der Waals surface area (Å²) in [5.74, 6) is -0.999. The Balaban J connectivity index is 0.737. The number of fused-ring (bicyclic) bond motifs is 5. The first kappa shape index (κ1) is 58.2. The number of aliphatic hydroxyl groups excluding tert-OH is 7. The number of Topliss-reactive ketones (excluding diaryl/α,β-unsaturated/α-hetero) is 1. The van der Waals surface area contributed by atoms with Gasteiger partial charge < -0.3 is 103 Å². The third kappa shape index (κ3) is 10.4. The van der Waals surface area contributed by atoms with Crippen LogP contribution in [0.4, 0.5) is 0 Å². The lowest BCUT2D eigenvalue weighted by atomic mass is 9.43. The number of rotatable bonds is 14. The van der Waals surface area contributed by atoms with Gasteiger partial charge in [0.05, 0.1) is 67.6 Å². The van der Waals surface area contributed by atoms with E-state index in [-0.39, 0.29) is 44.0 Å². The van der Waals surface area contributed by atoms with Gasteiger partial charge in [-0.2, -0.15) is 0 Å². The van der Waals surface area contributed by atoms with Crippen molar-refractivity contribution in [1.82, 2.24) is 0 Å². The summed E-state index contributed by atoms with van der Waals surface area (Å²) in [7, 11) is 3.08. The molecular weight excluding hydrogens is 989 g/mol. The third-order valence-electron chi connectivity index (χ3n) is 19.5. The molecule has 8 fully saturated rings. The Kier molecular flexibility index (Phi) is 17.5. The van der Waals surface area contributed by atoms with E-state index >= 15 is 0 Å². The molecule has 4 aliphatic carbocycles. The first-order chi connectivity index (χ1) is 35.4. The molecule has 9 rings (SSSR count). The molecule has 5 aliphatic heterocycles. The van der Waals surface area contributed by atoms with Crippen molar-refractivity contribution in [3.63, 3.8) is 0 Å². The summed E-state index contributed by atoms with van der Waals surface area (Å²) in [6, 6.07) is 0. The monoisotopic (exact) mass is 1070 g/mol. The number of aliphatic hydroxyl groups is 9. The first-order valence-electron chi connectivity index (χ1n) is 27.3. The van der Waals surface area contributed by atoms with Crippen molar-refractivity contribution in [2.75, 3.05) is 20.8 Å². The van der Waals surface area contributed by atoms with Crippen molar-refractivity contribution < 1.29 is 108 Å². The molecule has 0 bridgehead atoms. The number of ether oxygens (including phenoxy) is 12. The van der Waals surface area contributed by atoms with Crippen LogP contribution in [0.2, 0.25) is 0 Å². The number of carbonyl (C=O) groups excluding carboxylic acids is 1. The van der Waals surface area contributed by atoms with Crippen LogP contribution in [0, 0.1) is 22.7 Å². The maximum Gasteiger partial charge on any atom is 0.187 e. The lowest BCUT2D eigenvalue weighted by molar-refractivity contribution is -0.357. The Morgan fingerprint density at radius 2 is 1.15 bits per heavy atom. The zero-order chi connectivity index (χ0) is 54.3. The molecule has 0 radical (unpaired) electrons. The highest BCUT2D eigenvalue weighted by Crippen LogP contribution is 2.69. The summed E-state index contributed by atoms with van der Waals surface area (Å²) in [5.41, 5.74) is -3.59. The van der Waals surface area contributed by atoms with Crippen molar-refractivity contribution >= 4 is 5.78 Å². The summed E-state index contributed by atoms with van der Waals surface area (Å²) in [6.07, 6.45) is -14.5. The fourth-order valence-corrected chi connectivity index (χ4v) is 15.1. The zero-order valence-corrected chi connectivity index (χ0v) is 44.8. The van der Waals surface area contributed by atoms with E-state index < -0.39 is 176 Å². The van der Waals surface area contributed by atoms with Crippen LogP contribution in [0.1, 0.15) is 119 Å². The molecule has 0 aromatic heterocycles. The normalized spacial score (nSPS) is 54.3.